The third-order valence-corrected chi connectivity index (χ3v) is 4.24. The Kier molecular flexibility index (Phi) is 3.49. The summed E-state index contributed by atoms with van der Waals surface area (Å²) >= 11 is 5.57. The summed E-state index contributed by atoms with van der Waals surface area (Å²) in [5.74, 6) is 0. The molecule has 0 spiro atoms. The highest BCUT2D eigenvalue weighted by Gasteiger charge is 2.25. The average Bonchev–Trinajstić information content (AvgIpc) is 2.91. The minimum absolute atomic E-state index is 0.309. The van der Waals surface area contributed by atoms with E-state index in [2.05, 4.69) is 71.2 Å². The van der Waals surface area contributed by atoms with Crippen LogP contribution in [0.1, 0.15) is 24.2 Å². The number of thiocarbonyl (C=S) groups is 1. The predicted octanol–water partition coefficient (Wildman–Crippen LogP) is 3.57. The zero-order valence-electron chi connectivity index (χ0n) is 11.8. The van der Waals surface area contributed by atoms with Gasteiger partial charge in [-0.25, -0.2) is 0 Å². The van der Waals surface area contributed by atoms with E-state index < -0.39 is 0 Å². The quantitative estimate of drug-likeness (QED) is 0.809. The number of aryl methyl sites for hydroxylation is 1. The van der Waals surface area contributed by atoms with Crippen molar-refractivity contribution in [3.63, 3.8) is 0 Å². The standard InChI is InChI=1S/C16H19N3S/c1-12-5-7-14(8-6-12)17-16(20)19-11-10-18-9-3-4-15(18)13(19)2/h3-9,13H,10-11H2,1-2H3,(H,17,20). The Labute approximate surface area is 125 Å². The maximum atomic E-state index is 5.57. The van der Waals surface area contributed by atoms with Gasteiger partial charge in [-0.1, -0.05) is 17.7 Å². The molecule has 0 bridgehead atoms. The van der Waals surface area contributed by atoms with Gasteiger partial charge in [-0.2, -0.15) is 0 Å². The number of aromatic nitrogens is 1. The zero-order valence-corrected chi connectivity index (χ0v) is 12.7. The van der Waals surface area contributed by atoms with E-state index in [1.54, 1.807) is 0 Å². The summed E-state index contributed by atoms with van der Waals surface area (Å²) in [7, 11) is 0. The highest BCUT2D eigenvalue weighted by molar-refractivity contribution is 7.80. The van der Waals surface area contributed by atoms with Gasteiger partial charge in [0.25, 0.3) is 0 Å². The van der Waals surface area contributed by atoms with Gasteiger partial charge in [0, 0.05) is 30.7 Å². The molecular formula is C16H19N3S. The van der Waals surface area contributed by atoms with Crippen LogP contribution in [-0.2, 0) is 6.54 Å². The summed E-state index contributed by atoms with van der Waals surface area (Å²) in [6.45, 7) is 6.22. The Morgan fingerprint density at radius 2 is 1.95 bits per heavy atom. The van der Waals surface area contributed by atoms with Gasteiger partial charge in [0.2, 0.25) is 0 Å². The summed E-state index contributed by atoms with van der Waals surface area (Å²) in [4.78, 5) is 2.25. The molecule has 0 aliphatic carbocycles. The Bertz CT molecular complexity index is 615. The van der Waals surface area contributed by atoms with E-state index in [9.17, 15) is 0 Å². The number of anilines is 1. The molecular weight excluding hydrogens is 266 g/mol. The largest absolute Gasteiger partial charge is 0.348 e. The van der Waals surface area contributed by atoms with Crippen molar-refractivity contribution >= 4 is 23.0 Å². The topological polar surface area (TPSA) is 20.2 Å². The first-order valence-electron chi connectivity index (χ1n) is 6.94. The molecule has 0 saturated heterocycles. The van der Waals surface area contributed by atoms with Crippen LogP contribution in [0, 0.1) is 6.92 Å². The number of fused-ring (bicyclic) bond motifs is 1. The van der Waals surface area contributed by atoms with E-state index in [1.807, 2.05) is 0 Å². The van der Waals surface area contributed by atoms with E-state index in [0.717, 1.165) is 23.9 Å². The number of nitrogens with one attached hydrogen (secondary N) is 1. The first kappa shape index (κ1) is 13.2. The van der Waals surface area contributed by atoms with Gasteiger partial charge in [0.1, 0.15) is 0 Å². The number of hydrogen-bond acceptors (Lipinski definition) is 1. The van der Waals surface area contributed by atoms with Crippen LogP contribution in [0.5, 0.6) is 0 Å². The van der Waals surface area contributed by atoms with Gasteiger partial charge in [0.15, 0.2) is 5.11 Å². The Balaban J connectivity index is 1.73. The van der Waals surface area contributed by atoms with E-state index in [-0.39, 0.29) is 0 Å². The van der Waals surface area contributed by atoms with Crippen LogP contribution >= 0.6 is 12.2 Å². The van der Waals surface area contributed by atoms with Crippen molar-refractivity contribution in [2.45, 2.75) is 26.4 Å². The lowest BCUT2D eigenvalue weighted by Gasteiger charge is -2.36. The van der Waals surface area contributed by atoms with Crippen molar-refractivity contribution in [3.05, 3.63) is 53.9 Å². The second kappa shape index (κ2) is 5.29. The Morgan fingerprint density at radius 1 is 1.20 bits per heavy atom. The molecule has 1 aromatic carbocycles. The van der Waals surface area contributed by atoms with Gasteiger partial charge in [-0.15, -0.1) is 0 Å². The van der Waals surface area contributed by atoms with Crippen molar-refractivity contribution in [3.8, 4) is 0 Å². The number of nitrogens with zero attached hydrogens (tertiary/aromatic N) is 2. The molecule has 0 saturated carbocycles. The molecule has 3 nitrogen and oxygen atoms in total. The molecule has 1 aliphatic rings. The minimum atomic E-state index is 0.309. The van der Waals surface area contributed by atoms with Crippen LogP contribution in [0.2, 0.25) is 0 Å². The van der Waals surface area contributed by atoms with Crippen molar-refractivity contribution in [2.24, 2.45) is 0 Å². The summed E-state index contributed by atoms with van der Waals surface area (Å²) in [6, 6.07) is 12.9. The molecule has 1 unspecified atom stereocenters. The van der Waals surface area contributed by atoms with Crippen molar-refractivity contribution in [2.75, 3.05) is 11.9 Å². The number of benzene rings is 1. The second-order valence-electron chi connectivity index (χ2n) is 5.29. The predicted molar refractivity (Wildman–Crippen MR) is 87.0 cm³/mol. The molecule has 2 aromatic rings. The molecule has 20 heavy (non-hydrogen) atoms. The van der Waals surface area contributed by atoms with E-state index in [1.165, 1.54) is 11.3 Å². The van der Waals surface area contributed by atoms with Gasteiger partial charge in [-0.3, -0.25) is 0 Å². The molecule has 0 radical (unpaired) electrons. The maximum absolute atomic E-state index is 5.57. The lowest BCUT2D eigenvalue weighted by Crippen LogP contribution is -2.42. The first-order valence-corrected chi connectivity index (χ1v) is 7.35. The molecule has 3 rings (SSSR count). The summed E-state index contributed by atoms with van der Waals surface area (Å²) in [6.07, 6.45) is 2.14. The molecule has 1 aromatic heterocycles. The summed E-state index contributed by atoms with van der Waals surface area (Å²) < 4.78 is 2.30. The first-order chi connectivity index (χ1) is 9.65. The fourth-order valence-corrected chi connectivity index (χ4v) is 3.06. The fraction of sp³-hybridized carbons (Fsp3) is 0.312. The SMILES string of the molecule is Cc1ccc(NC(=S)N2CCn3cccc3C2C)cc1. The van der Waals surface area contributed by atoms with Gasteiger partial charge >= 0.3 is 0 Å². The van der Waals surface area contributed by atoms with E-state index in [0.29, 0.717) is 6.04 Å². The molecule has 104 valence electrons. The maximum Gasteiger partial charge on any atom is 0.174 e. The lowest BCUT2D eigenvalue weighted by molar-refractivity contribution is 0.276. The average molecular weight is 285 g/mol. The third kappa shape index (κ3) is 2.43. The summed E-state index contributed by atoms with van der Waals surface area (Å²) in [5, 5.41) is 4.14. The molecule has 1 atom stereocenters. The molecule has 0 fully saturated rings. The highest BCUT2D eigenvalue weighted by Crippen LogP contribution is 2.26. The van der Waals surface area contributed by atoms with E-state index in [4.69, 9.17) is 12.2 Å². The lowest BCUT2D eigenvalue weighted by atomic mass is 10.1. The molecule has 1 N–H and O–H groups in total. The van der Waals surface area contributed by atoms with Crippen LogP contribution in [0.4, 0.5) is 5.69 Å². The Morgan fingerprint density at radius 3 is 2.70 bits per heavy atom. The minimum Gasteiger partial charge on any atom is -0.348 e. The fourth-order valence-electron chi connectivity index (χ4n) is 2.69. The van der Waals surface area contributed by atoms with Crippen molar-refractivity contribution in [1.29, 1.82) is 0 Å². The van der Waals surface area contributed by atoms with Crippen molar-refractivity contribution in [1.82, 2.24) is 9.47 Å². The zero-order chi connectivity index (χ0) is 14.1. The molecule has 2 heterocycles. The van der Waals surface area contributed by atoms with Crippen LogP contribution < -0.4 is 5.32 Å². The van der Waals surface area contributed by atoms with Crippen LogP contribution in [0.3, 0.4) is 0 Å². The van der Waals surface area contributed by atoms with Gasteiger partial charge in [-0.05, 0) is 50.3 Å². The van der Waals surface area contributed by atoms with Gasteiger partial charge in [0.05, 0.1) is 6.04 Å². The van der Waals surface area contributed by atoms with Crippen LogP contribution in [0.15, 0.2) is 42.6 Å². The number of rotatable bonds is 1. The number of hydrogen-bond donors (Lipinski definition) is 1. The summed E-state index contributed by atoms with van der Waals surface area (Å²) in [5.41, 5.74) is 3.63. The van der Waals surface area contributed by atoms with Crippen LogP contribution in [-0.4, -0.2) is 21.1 Å². The second-order valence-corrected chi connectivity index (χ2v) is 5.68. The molecule has 4 heteroatoms. The smallest absolute Gasteiger partial charge is 0.174 e. The van der Waals surface area contributed by atoms with Gasteiger partial charge < -0.3 is 14.8 Å². The molecule has 1 aliphatic heterocycles. The molecule has 0 amide bonds. The monoisotopic (exact) mass is 285 g/mol. The highest BCUT2D eigenvalue weighted by atomic mass is 32.1. The van der Waals surface area contributed by atoms with Crippen molar-refractivity contribution < 1.29 is 0 Å². The van der Waals surface area contributed by atoms with Crippen LogP contribution in [0.25, 0.3) is 0 Å². The van der Waals surface area contributed by atoms with E-state index >= 15 is 0 Å². The third-order valence-electron chi connectivity index (χ3n) is 3.91. The normalized spacial score (nSPS) is 17.7. The Hall–Kier alpha value is -1.81.